The van der Waals surface area contributed by atoms with E-state index in [-0.39, 0.29) is 0 Å². The van der Waals surface area contributed by atoms with Gasteiger partial charge < -0.3 is 5.32 Å². The monoisotopic (exact) mass is 278 g/mol. The molecule has 1 aromatic heterocycles. The number of thiazole rings is 1. The molecule has 19 heavy (non-hydrogen) atoms. The number of fused-ring (bicyclic) bond motifs is 2. The summed E-state index contributed by atoms with van der Waals surface area (Å²) in [7, 11) is 0. The first-order valence-corrected chi connectivity index (χ1v) is 8.58. The van der Waals surface area contributed by atoms with Gasteiger partial charge in [-0.3, -0.25) is 0 Å². The third-order valence-electron chi connectivity index (χ3n) is 5.41. The topological polar surface area (TPSA) is 24.9 Å². The second-order valence-corrected chi connectivity index (χ2v) is 7.94. The molecule has 1 heterocycles. The fourth-order valence-corrected chi connectivity index (χ4v) is 5.43. The normalized spacial score (nSPS) is 33.2. The Bertz CT molecular complexity index is 434. The largest absolute Gasteiger partial charge is 0.316 e. The Kier molecular flexibility index (Phi) is 3.69. The third kappa shape index (κ3) is 2.47. The van der Waals surface area contributed by atoms with Crippen LogP contribution in [0.1, 0.15) is 48.2 Å². The molecule has 2 nitrogen and oxygen atoms in total. The van der Waals surface area contributed by atoms with Gasteiger partial charge in [0.1, 0.15) is 0 Å². The van der Waals surface area contributed by atoms with Crippen molar-refractivity contribution in [2.45, 2.75) is 52.9 Å². The maximum atomic E-state index is 4.80. The van der Waals surface area contributed by atoms with E-state index in [1.54, 1.807) is 0 Å². The molecule has 0 saturated heterocycles. The van der Waals surface area contributed by atoms with E-state index in [2.05, 4.69) is 26.1 Å². The molecular formula is C16H26N2S. The van der Waals surface area contributed by atoms with Crippen LogP contribution < -0.4 is 5.32 Å². The Morgan fingerprint density at radius 1 is 1.37 bits per heavy atom. The van der Waals surface area contributed by atoms with Crippen LogP contribution in [0.15, 0.2) is 0 Å². The molecule has 0 aromatic carbocycles. The quantitative estimate of drug-likeness (QED) is 0.888. The molecular weight excluding hydrogens is 252 g/mol. The number of nitrogens with one attached hydrogen (secondary N) is 1. The zero-order valence-corrected chi connectivity index (χ0v) is 13.3. The van der Waals surface area contributed by atoms with Gasteiger partial charge in [0.25, 0.3) is 0 Å². The summed E-state index contributed by atoms with van der Waals surface area (Å²) in [6, 6.07) is 0. The summed E-state index contributed by atoms with van der Waals surface area (Å²) < 4.78 is 0. The Balaban J connectivity index is 1.80. The minimum absolute atomic E-state index is 0.510. The number of nitrogens with zero attached hydrogens (tertiary/aromatic N) is 1. The van der Waals surface area contributed by atoms with Crippen molar-refractivity contribution >= 4 is 11.3 Å². The van der Waals surface area contributed by atoms with E-state index in [0.717, 1.165) is 18.4 Å². The maximum absolute atomic E-state index is 4.80. The first-order chi connectivity index (χ1) is 9.13. The Hall–Kier alpha value is -0.410. The molecule has 3 atom stereocenters. The molecule has 3 heteroatoms. The molecule has 3 unspecified atom stereocenters. The summed E-state index contributed by atoms with van der Waals surface area (Å²) >= 11 is 1.92. The Morgan fingerprint density at radius 3 is 2.74 bits per heavy atom. The molecule has 106 valence electrons. The molecule has 0 spiro atoms. The van der Waals surface area contributed by atoms with Gasteiger partial charge in [0.05, 0.1) is 10.7 Å². The summed E-state index contributed by atoms with van der Waals surface area (Å²) in [6.07, 6.45) is 7.06. The van der Waals surface area contributed by atoms with Crippen LogP contribution in [0, 0.1) is 31.1 Å². The SMILES string of the molecule is CCNCC1(Cc2nc(C)c(C)s2)CC2CCC1C2. The summed E-state index contributed by atoms with van der Waals surface area (Å²) in [5.74, 6) is 1.95. The second-order valence-electron chi connectivity index (χ2n) is 6.65. The van der Waals surface area contributed by atoms with Gasteiger partial charge in [0.15, 0.2) is 0 Å². The average Bonchev–Trinajstić information content (AvgIpc) is 3.04. The molecule has 2 saturated carbocycles. The van der Waals surface area contributed by atoms with Crippen molar-refractivity contribution in [1.29, 1.82) is 0 Å². The fraction of sp³-hybridized carbons (Fsp3) is 0.812. The van der Waals surface area contributed by atoms with Crippen LogP contribution in [0.4, 0.5) is 0 Å². The lowest BCUT2D eigenvalue weighted by atomic mass is 9.71. The van der Waals surface area contributed by atoms with Crippen molar-refractivity contribution in [2.24, 2.45) is 17.3 Å². The molecule has 3 rings (SSSR count). The van der Waals surface area contributed by atoms with Crippen LogP contribution in [0.25, 0.3) is 0 Å². The average molecular weight is 278 g/mol. The summed E-state index contributed by atoms with van der Waals surface area (Å²) in [4.78, 5) is 6.20. The lowest BCUT2D eigenvalue weighted by molar-refractivity contribution is 0.157. The van der Waals surface area contributed by atoms with E-state index in [1.807, 2.05) is 11.3 Å². The van der Waals surface area contributed by atoms with Crippen LogP contribution in [0.5, 0.6) is 0 Å². The van der Waals surface area contributed by atoms with Crippen molar-refractivity contribution in [1.82, 2.24) is 10.3 Å². The number of hydrogen-bond acceptors (Lipinski definition) is 3. The Morgan fingerprint density at radius 2 is 2.21 bits per heavy atom. The highest BCUT2D eigenvalue weighted by atomic mass is 32.1. The van der Waals surface area contributed by atoms with Crippen LogP contribution in [-0.2, 0) is 6.42 Å². The van der Waals surface area contributed by atoms with E-state index in [4.69, 9.17) is 4.98 Å². The van der Waals surface area contributed by atoms with Gasteiger partial charge in [-0.2, -0.15) is 0 Å². The summed E-state index contributed by atoms with van der Waals surface area (Å²) in [5.41, 5.74) is 1.75. The number of rotatable bonds is 5. The highest BCUT2D eigenvalue weighted by molar-refractivity contribution is 7.11. The predicted molar refractivity (Wildman–Crippen MR) is 81.7 cm³/mol. The van der Waals surface area contributed by atoms with E-state index in [1.165, 1.54) is 54.2 Å². The second kappa shape index (κ2) is 5.17. The molecule has 0 aliphatic heterocycles. The molecule has 2 aliphatic carbocycles. The zero-order chi connectivity index (χ0) is 13.5. The van der Waals surface area contributed by atoms with Crippen molar-refractivity contribution in [3.8, 4) is 0 Å². The van der Waals surface area contributed by atoms with Gasteiger partial charge in [-0.1, -0.05) is 13.3 Å². The highest BCUT2D eigenvalue weighted by Gasteiger charge is 2.50. The van der Waals surface area contributed by atoms with Crippen molar-refractivity contribution < 1.29 is 0 Å². The van der Waals surface area contributed by atoms with Gasteiger partial charge in [0.2, 0.25) is 0 Å². The molecule has 2 fully saturated rings. The van der Waals surface area contributed by atoms with Gasteiger partial charge in [-0.25, -0.2) is 4.98 Å². The molecule has 1 N–H and O–H groups in total. The first kappa shape index (κ1) is 13.6. The van der Waals surface area contributed by atoms with E-state index >= 15 is 0 Å². The highest BCUT2D eigenvalue weighted by Crippen LogP contribution is 2.57. The minimum Gasteiger partial charge on any atom is -0.316 e. The first-order valence-electron chi connectivity index (χ1n) is 7.76. The predicted octanol–water partition coefficient (Wildman–Crippen LogP) is 3.72. The Labute approximate surface area is 121 Å². The molecule has 0 amide bonds. The van der Waals surface area contributed by atoms with Gasteiger partial charge >= 0.3 is 0 Å². The van der Waals surface area contributed by atoms with Gasteiger partial charge in [0, 0.05) is 17.8 Å². The minimum atomic E-state index is 0.510. The smallest absolute Gasteiger partial charge is 0.0937 e. The molecule has 0 radical (unpaired) electrons. The van der Waals surface area contributed by atoms with Crippen LogP contribution in [-0.4, -0.2) is 18.1 Å². The summed E-state index contributed by atoms with van der Waals surface area (Å²) in [5, 5.41) is 5.01. The molecule has 2 bridgehead atoms. The van der Waals surface area contributed by atoms with Gasteiger partial charge in [-0.15, -0.1) is 11.3 Å². The molecule has 2 aliphatic rings. The maximum Gasteiger partial charge on any atom is 0.0937 e. The molecule has 1 aromatic rings. The van der Waals surface area contributed by atoms with Gasteiger partial charge in [-0.05, 0) is 56.9 Å². The van der Waals surface area contributed by atoms with E-state index in [9.17, 15) is 0 Å². The lowest BCUT2D eigenvalue weighted by Gasteiger charge is -2.37. The van der Waals surface area contributed by atoms with E-state index < -0.39 is 0 Å². The van der Waals surface area contributed by atoms with E-state index in [0.29, 0.717) is 5.41 Å². The van der Waals surface area contributed by atoms with Crippen molar-refractivity contribution in [3.63, 3.8) is 0 Å². The van der Waals surface area contributed by atoms with Crippen molar-refractivity contribution in [2.75, 3.05) is 13.1 Å². The summed E-state index contributed by atoms with van der Waals surface area (Å²) in [6.45, 7) is 8.86. The number of aryl methyl sites for hydroxylation is 2. The number of aromatic nitrogens is 1. The lowest BCUT2D eigenvalue weighted by Crippen LogP contribution is -2.40. The van der Waals surface area contributed by atoms with Crippen LogP contribution in [0.2, 0.25) is 0 Å². The zero-order valence-electron chi connectivity index (χ0n) is 12.5. The van der Waals surface area contributed by atoms with Crippen LogP contribution in [0.3, 0.4) is 0 Å². The fourth-order valence-electron chi connectivity index (χ4n) is 4.34. The number of hydrogen-bond donors (Lipinski definition) is 1. The van der Waals surface area contributed by atoms with Crippen molar-refractivity contribution in [3.05, 3.63) is 15.6 Å². The van der Waals surface area contributed by atoms with Crippen LogP contribution >= 0.6 is 11.3 Å². The third-order valence-corrected chi connectivity index (χ3v) is 6.48. The standard InChI is InChI=1S/C16H26N2S/c1-4-17-10-16(8-13-5-6-14(16)7-13)9-15-18-11(2)12(3)19-15/h13-14,17H,4-10H2,1-3H3.